The second kappa shape index (κ2) is 5.44. The molecule has 0 fully saturated rings. The quantitative estimate of drug-likeness (QED) is 0.745. The second-order valence-corrected chi connectivity index (χ2v) is 5.29. The van der Waals surface area contributed by atoms with Gasteiger partial charge in [-0.2, -0.15) is 0 Å². The van der Waals surface area contributed by atoms with Gasteiger partial charge < -0.3 is 10.4 Å². The molecule has 2 aromatic carbocycles. The Balaban J connectivity index is 1.95. The Morgan fingerprint density at radius 2 is 1.81 bits per heavy atom. The van der Waals surface area contributed by atoms with Gasteiger partial charge in [-0.1, -0.05) is 18.2 Å². The molecule has 1 atom stereocenters. The maximum absolute atomic E-state index is 9.37. The number of nitrogens with zero attached hydrogens (tertiary/aromatic N) is 1. The number of aryl methyl sites for hydroxylation is 1. The third kappa shape index (κ3) is 2.68. The lowest BCUT2D eigenvalue weighted by atomic mass is 10.1. The highest BCUT2D eigenvalue weighted by atomic mass is 16.3. The molecule has 0 saturated carbocycles. The number of rotatable bonds is 3. The van der Waals surface area contributed by atoms with Crippen LogP contribution < -0.4 is 5.32 Å². The fourth-order valence-corrected chi connectivity index (χ4v) is 2.52. The first kappa shape index (κ1) is 13.4. The highest BCUT2D eigenvalue weighted by molar-refractivity contribution is 5.93. The molecule has 1 unspecified atom stereocenters. The second-order valence-electron chi connectivity index (χ2n) is 5.29. The van der Waals surface area contributed by atoms with Crippen molar-refractivity contribution in [2.45, 2.75) is 19.9 Å². The van der Waals surface area contributed by atoms with Crippen LogP contribution >= 0.6 is 0 Å². The molecule has 0 saturated heterocycles. The molecule has 3 rings (SSSR count). The smallest absolute Gasteiger partial charge is 0.115 e. The van der Waals surface area contributed by atoms with Gasteiger partial charge >= 0.3 is 0 Å². The maximum Gasteiger partial charge on any atom is 0.115 e. The van der Waals surface area contributed by atoms with Gasteiger partial charge in [-0.05, 0) is 55.3 Å². The molecular weight excluding hydrogens is 260 g/mol. The average Bonchev–Trinajstić information content (AvgIpc) is 2.51. The topological polar surface area (TPSA) is 45.1 Å². The predicted molar refractivity (Wildman–Crippen MR) is 86.6 cm³/mol. The van der Waals surface area contributed by atoms with E-state index in [1.807, 2.05) is 24.4 Å². The van der Waals surface area contributed by atoms with Gasteiger partial charge in [0, 0.05) is 23.3 Å². The molecular formula is C18H18N2O. The number of fused-ring (bicyclic) bond motifs is 1. The van der Waals surface area contributed by atoms with Gasteiger partial charge in [-0.3, -0.25) is 4.98 Å². The molecule has 2 N–H and O–H groups in total. The Kier molecular flexibility index (Phi) is 3.48. The van der Waals surface area contributed by atoms with Gasteiger partial charge in [-0.25, -0.2) is 0 Å². The van der Waals surface area contributed by atoms with Gasteiger partial charge in [0.2, 0.25) is 0 Å². The van der Waals surface area contributed by atoms with Crippen LogP contribution in [0.5, 0.6) is 5.75 Å². The fourth-order valence-electron chi connectivity index (χ4n) is 2.52. The normalized spacial score (nSPS) is 12.3. The first-order valence-corrected chi connectivity index (χ1v) is 7.05. The number of aromatic hydroxyl groups is 1. The number of phenols is 1. The third-order valence-electron chi connectivity index (χ3n) is 3.74. The molecule has 0 aliphatic carbocycles. The Morgan fingerprint density at radius 3 is 2.57 bits per heavy atom. The van der Waals surface area contributed by atoms with E-state index in [4.69, 9.17) is 0 Å². The Morgan fingerprint density at radius 1 is 1.05 bits per heavy atom. The van der Waals surface area contributed by atoms with Crippen molar-refractivity contribution in [1.82, 2.24) is 4.98 Å². The van der Waals surface area contributed by atoms with E-state index in [0.29, 0.717) is 0 Å². The van der Waals surface area contributed by atoms with Crippen molar-refractivity contribution < 1.29 is 5.11 Å². The van der Waals surface area contributed by atoms with E-state index >= 15 is 0 Å². The van der Waals surface area contributed by atoms with Crippen molar-refractivity contribution in [2.24, 2.45) is 0 Å². The summed E-state index contributed by atoms with van der Waals surface area (Å²) in [6, 6.07) is 15.7. The maximum atomic E-state index is 9.37. The van der Waals surface area contributed by atoms with E-state index in [0.717, 1.165) is 22.2 Å². The molecule has 0 spiro atoms. The molecule has 0 aliphatic rings. The highest BCUT2D eigenvalue weighted by Crippen LogP contribution is 2.28. The third-order valence-corrected chi connectivity index (χ3v) is 3.74. The number of hydrogen-bond acceptors (Lipinski definition) is 3. The van der Waals surface area contributed by atoms with Crippen LogP contribution in [0, 0.1) is 6.92 Å². The lowest BCUT2D eigenvalue weighted by molar-refractivity contribution is 0.475. The standard InChI is InChI=1S/C18H18N2O/c1-12-5-10-17(16-4-3-11-19-18(12)16)20-13(2)14-6-8-15(21)9-7-14/h3-11,13,20-21H,1-2H3. The van der Waals surface area contributed by atoms with Crippen LogP contribution in [-0.4, -0.2) is 10.1 Å². The SMILES string of the molecule is Cc1ccc(NC(C)c2ccc(O)cc2)c2cccnc12. The summed E-state index contributed by atoms with van der Waals surface area (Å²) in [5.74, 6) is 0.288. The van der Waals surface area contributed by atoms with Crippen LogP contribution in [0.15, 0.2) is 54.7 Å². The fraction of sp³-hybridized carbons (Fsp3) is 0.167. The lowest BCUT2D eigenvalue weighted by Gasteiger charge is -2.18. The molecule has 0 aliphatic heterocycles. The van der Waals surface area contributed by atoms with Crippen molar-refractivity contribution in [3.63, 3.8) is 0 Å². The van der Waals surface area contributed by atoms with Crippen molar-refractivity contribution in [1.29, 1.82) is 0 Å². The molecule has 0 radical (unpaired) electrons. The first-order valence-electron chi connectivity index (χ1n) is 7.05. The number of benzene rings is 2. The number of aromatic nitrogens is 1. The summed E-state index contributed by atoms with van der Waals surface area (Å²) in [6.45, 7) is 4.18. The van der Waals surface area contributed by atoms with E-state index in [1.54, 1.807) is 12.1 Å². The first-order chi connectivity index (χ1) is 10.1. The van der Waals surface area contributed by atoms with Crippen LogP contribution in [0.3, 0.4) is 0 Å². The number of phenolic OH excluding ortho intramolecular Hbond substituents is 1. The van der Waals surface area contributed by atoms with E-state index in [-0.39, 0.29) is 11.8 Å². The average molecular weight is 278 g/mol. The molecule has 3 heteroatoms. The monoisotopic (exact) mass is 278 g/mol. The van der Waals surface area contributed by atoms with Crippen molar-refractivity contribution in [3.05, 3.63) is 65.9 Å². The van der Waals surface area contributed by atoms with Gasteiger partial charge in [0.15, 0.2) is 0 Å². The van der Waals surface area contributed by atoms with Crippen molar-refractivity contribution >= 4 is 16.6 Å². The van der Waals surface area contributed by atoms with Crippen LogP contribution in [0.1, 0.15) is 24.1 Å². The molecule has 21 heavy (non-hydrogen) atoms. The Bertz CT molecular complexity index is 766. The van der Waals surface area contributed by atoms with Crippen molar-refractivity contribution in [2.75, 3.05) is 5.32 Å². The summed E-state index contributed by atoms with van der Waals surface area (Å²) in [7, 11) is 0. The van der Waals surface area contributed by atoms with Gasteiger partial charge in [0.05, 0.1) is 5.52 Å². The molecule has 3 nitrogen and oxygen atoms in total. The number of pyridine rings is 1. The zero-order valence-corrected chi connectivity index (χ0v) is 12.2. The highest BCUT2D eigenvalue weighted by Gasteiger charge is 2.09. The molecule has 0 amide bonds. The Labute approximate surface area is 124 Å². The van der Waals surface area contributed by atoms with E-state index < -0.39 is 0 Å². The number of nitrogens with one attached hydrogen (secondary N) is 1. The van der Waals surface area contributed by atoms with E-state index in [1.165, 1.54) is 5.56 Å². The van der Waals surface area contributed by atoms with Crippen LogP contribution in [0.2, 0.25) is 0 Å². The molecule has 1 heterocycles. The molecule has 0 bridgehead atoms. The predicted octanol–water partition coefficient (Wildman–Crippen LogP) is 4.42. The summed E-state index contributed by atoms with van der Waals surface area (Å²) < 4.78 is 0. The van der Waals surface area contributed by atoms with Crippen molar-refractivity contribution in [3.8, 4) is 5.75 Å². The number of hydrogen-bond donors (Lipinski definition) is 2. The zero-order valence-electron chi connectivity index (χ0n) is 12.2. The largest absolute Gasteiger partial charge is 0.508 e. The molecule has 1 aromatic heterocycles. The Hall–Kier alpha value is -2.55. The van der Waals surface area contributed by atoms with Crippen LogP contribution in [0.25, 0.3) is 10.9 Å². The van der Waals surface area contributed by atoms with Crippen LogP contribution in [0.4, 0.5) is 5.69 Å². The minimum absolute atomic E-state index is 0.150. The summed E-state index contributed by atoms with van der Waals surface area (Å²) in [4.78, 5) is 4.46. The molecule has 3 aromatic rings. The van der Waals surface area contributed by atoms with Gasteiger partial charge in [-0.15, -0.1) is 0 Å². The van der Waals surface area contributed by atoms with Gasteiger partial charge in [0.1, 0.15) is 5.75 Å². The zero-order chi connectivity index (χ0) is 14.8. The van der Waals surface area contributed by atoms with E-state index in [9.17, 15) is 5.11 Å². The summed E-state index contributed by atoms with van der Waals surface area (Å²) in [6.07, 6.45) is 1.82. The number of anilines is 1. The summed E-state index contributed by atoms with van der Waals surface area (Å²) >= 11 is 0. The summed E-state index contributed by atoms with van der Waals surface area (Å²) in [5.41, 5.74) is 4.41. The molecule has 106 valence electrons. The van der Waals surface area contributed by atoms with E-state index in [2.05, 4.69) is 42.3 Å². The minimum atomic E-state index is 0.150. The van der Waals surface area contributed by atoms with Gasteiger partial charge in [0.25, 0.3) is 0 Å². The lowest BCUT2D eigenvalue weighted by Crippen LogP contribution is -2.07. The summed E-state index contributed by atoms with van der Waals surface area (Å²) in [5, 5.41) is 14.0. The van der Waals surface area contributed by atoms with Crippen LogP contribution in [-0.2, 0) is 0 Å². The minimum Gasteiger partial charge on any atom is -0.508 e.